The lowest BCUT2D eigenvalue weighted by Gasteiger charge is -2.23. The molecular weight excluding hydrogens is 351 g/mol. The van der Waals surface area contributed by atoms with Crippen LogP contribution >= 0.6 is 0 Å². The average Bonchev–Trinajstić information content (AvgIpc) is 2.98. The van der Waals surface area contributed by atoms with E-state index in [0.717, 1.165) is 37.7 Å². The summed E-state index contributed by atoms with van der Waals surface area (Å²) in [6, 6.07) is 4.98. The predicted octanol–water partition coefficient (Wildman–Crippen LogP) is 1.32. The molecule has 146 valence electrons. The molecule has 1 aromatic rings. The summed E-state index contributed by atoms with van der Waals surface area (Å²) in [4.78, 5) is 26.6. The molecule has 2 saturated heterocycles. The summed E-state index contributed by atoms with van der Waals surface area (Å²) in [6.45, 7) is 4.45. The minimum absolute atomic E-state index is 0.197. The van der Waals surface area contributed by atoms with Crippen LogP contribution in [0.4, 0.5) is 20.6 Å². The average molecular weight is 376 g/mol. The standard InChI is InChI=1S/C19H25FN4O3/c1-11(25)22-7-13-8-24(19(26)27-13)18-3-2-12(6-17(18)20)23-9-15-14(4-5-21)16(15)10-23/h2-3,6,13-16H,4-5,7-10,21H2,1H3,(H,22,25)/t13-,14?,15?,16?/m0/s1. The quantitative estimate of drug-likeness (QED) is 0.782. The van der Waals surface area contributed by atoms with E-state index in [1.54, 1.807) is 6.07 Å². The largest absolute Gasteiger partial charge is 0.442 e. The fourth-order valence-electron chi connectivity index (χ4n) is 4.47. The van der Waals surface area contributed by atoms with Gasteiger partial charge in [0.1, 0.15) is 11.9 Å². The van der Waals surface area contributed by atoms with Crippen LogP contribution in [0.3, 0.4) is 0 Å². The number of carbonyl (C=O) groups excluding carboxylic acids is 2. The number of hydrogen-bond acceptors (Lipinski definition) is 5. The van der Waals surface area contributed by atoms with E-state index in [9.17, 15) is 14.0 Å². The molecule has 3 fully saturated rings. The number of nitrogens with one attached hydrogen (secondary N) is 1. The Morgan fingerprint density at radius 2 is 2.07 bits per heavy atom. The summed E-state index contributed by atoms with van der Waals surface area (Å²) in [5.41, 5.74) is 6.70. The number of cyclic esters (lactones) is 1. The molecule has 0 aromatic heterocycles. The second-order valence-corrected chi connectivity index (χ2v) is 7.66. The molecule has 2 heterocycles. The van der Waals surface area contributed by atoms with E-state index >= 15 is 0 Å². The van der Waals surface area contributed by atoms with Crippen molar-refractivity contribution in [3.63, 3.8) is 0 Å². The number of hydrogen-bond donors (Lipinski definition) is 2. The molecule has 3 atom stereocenters. The summed E-state index contributed by atoms with van der Waals surface area (Å²) in [5.74, 6) is 1.45. The number of amides is 2. The molecule has 1 aromatic carbocycles. The predicted molar refractivity (Wildman–Crippen MR) is 99.1 cm³/mol. The van der Waals surface area contributed by atoms with Crippen molar-refractivity contribution < 1.29 is 18.7 Å². The molecule has 0 bridgehead atoms. The fraction of sp³-hybridized carbons (Fsp3) is 0.579. The molecule has 4 rings (SSSR count). The third-order valence-electron chi connectivity index (χ3n) is 5.91. The maximum atomic E-state index is 14.7. The summed E-state index contributed by atoms with van der Waals surface area (Å²) in [6.07, 6.45) is 0.00223. The summed E-state index contributed by atoms with van der Waals surface area (Å²) >= 11 is 0. The van der Waals surface area contributed by atoms with Crippen molar-refractivity contribution in [2.75, 3.05) is 42.5 Å². The van der Waals surface area contributed by atoms with Gasteiger partial charge in [-0.05, 0) is 48.9 Å². The van der Waals surface area contributed by atoms with Crippen LogP contribution in [0.25, 0.3) is 0 Å². The van der Waals surface area contributed by atoms with Crippen LogP contribution in [0.5, 0.6) is 0 Å². The maximum Gasteiger partial charge on any atom is 0.414 e. The van der Waals surface area contributed by atoms with Crippen molar-refractivity contribution in [3.05, 3.63) is 24.0 Å². The van der Waals surface area contributed by atoms with Crippen molar-refractivity contribution in [2.24, 2.45) is 23.5 Å². The second-order valence-electron chi connectivity index (χ2n) is 7.66. The number of fused-ring (bicyclic) bond motifs is 1. The number of carbonyl (C=O) groups is 2. The highest BCUT2D eigenvalue weighted by Crippen LogP contribution is 2.54. The molecule has 2 amide bonds. The van der Waals surface area contributed by atoms with Crippen LogP contribution in [0.15, 0.2) is 18.2 Å². The van der Waals surface area contributed by atoms with Crippen LogP contribution < -0.4 is 20.9 Å². The van der Waals surface area contributed by atoms with Gasteiger partial charge < -0.3 is 20.7 Å². The van der Waals surface area contributed by atoms with Gasteiger partial charge >= 0.3 is 6.09 Å². The molecule has 3 N–H and O–H groups in total. The summed E-state index contributed by atoms with van der Waals surface area (Å²) in [5, 5.41) is 2.61. The molecule has 27 heavy (non-hydrogen) atoms. The molecular formula is C19H25FN4O3. The molecule has 3 aliphatic rings. The zero-order valence-corrected chi connectivity index (χ0v) is 15.4. The Kier molecular flexibility index (Phi) is 4.67. The van der Waals surface area contributed by atoms with Crippen molar-refractivity contribution in [2.45, 2.75) is 19.4 Å². The lowest BCUT2D eigenvalue weighted by atomic mass is 10.1. The summed E-state index contributed by atoms with van der Waals surface area (Å²) in [7, 11) is 0. The Balaban J connectivity index is 1.39. The van der Waals surface area contributed by atoms with Gasteiger partial charge in [0.15, 0.2) is 0 Å². The summed E-state index contributed by atoms with van der Waals surface area (Å²) < 4.78 is 19.9. The Labute approximate surface area is 157 Å². The SMILES string of the molecule is CC(=O)NC[C@H]1CN(c2ccc(N3CC4C(CCN)C4C3)cc2F)C(=O)O1. The van der Waals surface area contributed by atoms with Crippen LogP contribution in [0.2, 0.25) is 0 Å². The third-order valence-corrected chi connectivity index (χ3v) is 5.91. The van der Waals surface area contributed by atoms with Gasteiger partial charge in [0.05, 0.1) is 18.8 Å². The minimum atomic E-state index is -0.593. The highest BCUT2D eigenvalue weighted by Gasteiger charge is 2.54. The van der Waals surface area contributed by atoms with E-state index < -0.39 is 18.0 Å². The van der Waals surface area contributed by atoms with Crippen LogP contribution in [0.1, 0.15) is 13.3 Å². The van der Waals surface area contributed by atoms with Gasteiger partial charge in [-0.25, -0.2) is 9.18 Å². The van der Waals surface area contributed by atoms with Gasteiger partial charge in [-0.15, -0.1) is 0 Å². The molecule has 0 radical (unpaired) electrons. The topological polar surface area (TPSA) is 87.9 Å². The number of halogens is 1. The first kappa shape index (κ1) is 18.0. The van der Waals surface area contributed by atoms with Crippen LogP contribution in [-0.2, 0) is 9.53 Å². The fourth-order valence-corrected chi connectivity index (χ4v) is 4.47. The molecule has 8 heteroatoms. The first-order chi connectivity index (χ1) is 13.0. The lowest BCUT2D eigenvalue weighted by Crippen LogP contribution is -2.33. The van der Waals surface area contributed by atoms with Gasteiger partial charge in [-0.1, -0.05) is 0 Å². The van der Waals surface area contributed by atoms with Gasteiger partial charge in [0.25, 0.3) is 0 Å². The van der Waals surface area contributed by atoms with E-state index in [0.29, 0.717) is 11.8 Å². The molecule has 2 unspecified atom stereocenters. The van der Waals surface area contributed by atoms with E-state index in [2.05, 4.69) is 10.2 Å². The number of benzene rings is 1. The maximum absolute atomic E-state index is 14.7. The monoisotopic (exact) mass is 376 g/mol. The van der Waals surface area contributed by atoms with Gasteiger partial charge in [0.2, 0.25) is 5.91 Å². The van der Waals surface area contributed by atoms with E-state index in [4.69, 9.17) is 10.5 Å². The minimum Gasteiger partial charge on any atom is -0.442 e. The number of nitrogens with two attached hydrogens (primary N) is 1. The van der Waals surface area contributed by atoms with E-state index in [-0.39, 0.29) is 24.7 Å². The van der Waals surface area contributed by atoms with Gasteiger partial charge in [0, 0.05) is 25.7 Å². The van der Waals surface area contributed by atoms with Crippen molar-refractivity contribution in [1.29, 1.82) is 0 Å². The Bertz CT molecular complexity index is 746. The normalized spacial score (nSPS) is 28.9. The molecule has 0 spiro atoms. The number of ether oxygens (including phenoxy) is 1. The number of piperidine rings is 1. The zero-order valence-electron chi connectivity index (χ0n) is 15.4. The van der Waals surface area contributed by atoms with E-state index in [1.807, 2.05) is 6.07 Å². The van der Waals surface area contributed by atoms with Crippen LogP contribution in [-0.4, -0.2) is 50.8 Å². The first-order valence-electron chi connectivity index (χ1n) is 9.45. The Hall–Kier alpha value is -2.35. The van der Waals surface area contributed by atoms with Crippen molar-refractivity contribution >= 4 is 23.4 Å². The van der Waals surface area contributed by atoms with Crippen molar-refractivity contribution in [3.8, 4) is 0 Å². The van der Waals surface area contributed by atoms with E-state index in [1.165, 1.54) is 17.9 Å². The number of nitrogens with zero attached hydrogens (tertiary/aromatic N) is 2. The van der Waals surface area contributed by atoms with Gasteiger partial charge in [-0.3, -0.25) is 9.69 Å². The molecule has 2 aliphatic heterocycles. The molecule has 7 nitrogen and oxygen atoms in total. The highest BCUT2D eigenvalue weighted by molar-refractivity contribution is 5.90. The third kappa shape index (κ3) is 3.45. The molecule has 1 saturated carbocycles. The van der Waals surface area contributed by atoms with Gasteiger partial charge in [-0.2, -0.15) is 0 Å². The Morgan fingerprint density at radius 3 is 2.70 bits per heavy atom. The van der Waals surface area contributed by atoms with Crippen LogP contribution in [0, 0.1) is 23.6 Å². The lowest BCUT2D eigenvalue weighted by molar-refractivity contribution is -0.119. The smallest absolute Gasteiger partial charge is 0.414 e. The van der Waals surface area contributed by atoms with Crippen molar-refractivity contribution in [1.82, 2.24) is 5.32 Å². The zero-order chi connectivity index (χ0) is 19.1. The molecule has 1 aliphatic carbocycles. The first-order valence-corrected chi connectivity index (χ1v) is 9.45. The highest BCUT2D eigenvalue weighted by atomic mass is 19.1. The number of rotatable bonds is 6. The Morgan fingerprint density at radius 1 is 1.33 bits per heavy atom. The second kappa shape index (κ2) is 6.99. The number of anilines is 2.